The predicted octanol–water partition coefficient (Wildman–Crippen LogP) is 4.06. The van der Waals surface area contributed by atoms with Crippen LogP contribution in [0, 0.1) is 0 Å². The number of hydrogen-bond donors (Lipinski definition) is 2. The van der Waals surface area contributed by atoms with Gasteiger partial charge in [0.05, 0.1) is 15.6 Å². The minimum Gasteiger partial charge on any atom is -0.449 e. The van der Waals surface area contributed by atoms with Gasteiger partial charge in [-0.15, -0.1) is 11.3 Å². The van der Waals surface area contributed by atoms with Gasteiger partial charge in [-0.3, -0.25) is 9.52 Å². The molecule has 1 amide bonds. The van der Waals surface area contributed by atoms with Crippen molar-refractivity contribution in [3.8, 4) is 0 Å². The quantitative estimate of drug-likeness (QED) is 0.475. The highest BCUT2D eigenvalue weighted by molar-refractivity contribution is 7.94. The van der Waals surface area contributed by atoms with Crippen molar-refractivity contribution in [2.24, 2.45) is 0 Å². The fraction of sp³-hybridized carbons (Fsp3) is 0.143. The normalized spacial score (nSPS) is 12.1. The zero-order valence-corrected chi connectivity index (χ0v) is 18.8. The molecule has 0 saturated heterocycles. The van der Waals surface area contributed by atoms with E-state index >= 15 is 0 Å². The molecule has 0 fully saturated rings. The van der Waals surface area contributed by atoms with Gasteiger partial charge >= 0.3 is 5.97 Å². The molecule has 0 spiro atoms. The zero-order valence-electron chi connectivity index (χ0n) is 16.4. The molecule has 3 aromatic rings. The summed E-state index contributed by atoms with van der Waals surface area (Å²) in [5.41, 5.74) is 0.924. The SMILES string of the molecule is C[C@H](OC(=O)c1ccccc1NS(=O)(=O)c1ccc(Cl)s1)C(=O)NCc1ccccc1. The Morgan fingerprint density at radius 2 is 1.71 bits per heavy atom. The number of carbonyl (C=O) groups is 2. The Bertz CT molecular complexity index is 1180. The van der Waals surface area contributed by atoms with Gasteiger partial charge in [0.25, 0.3) is 15.9 Å². The third kappa shape index (κ3) is 6.06. The molecular weight excluding hydrogens is 460 g/mol. The number of benzene rings is 2. The fourth-order valence-corrected chi connectivity index (χ4v) is 5.16. The van der Waals surface area contributed by atoms with Crippen molar-refractivity contribution in [3.63, 3.8) is 0 Å². The maximum atomic E-state index is 12.6. The van der Waals surface area contributed by atoms with Crippen LogP contribution in [0.4, 0.5) is 5.69 Å². The largest absolute Gasteiger partial charge is 0.449 e. The first-order valence-corrected chi connectivity index (χ1v) is 11.8. The van der Waals surface area contributed by atoms with Crippen LogP contribution in [-0.2, 0) is 26.1 Å². The van der Waals surface area contributed by atoms with E-state index in [1.54, 1.807) is 12.1 Å². The zero-order chi connectivity index (χ0) is 22.4. The molecule has 0 radical (unpaired) electrons. The number of halogens is 1. The molecule has 0 unspecified atom stereocenters. The van der Waals surface area contributed by atoms with Gasteiger partial charge in [0.1, 0.15) is 4.21 Å². The van der Waals surface area contributed by atoms with E-state index in [4.69, 9.17) is 16.3 Å². The molecule has 1 atom stereocenters. The van der Waals surface area contributed by atoms with Gasteiger partial charge in [-0.2, -0.15) is 0 Å². The Morgan fingerprint density at radius 3 is 2.39 bits per heavy atom. The molecule has 0 aliphatic heterocycles. The van der Waals surface area contributed by atoms with E-state index in [1.165, 1.54) is 31.2 Å². The molecule has 162 valence electrons. The first kappa shape index (κ1) is 22.8. The van der Waals surface area contributed by atoms with Gasteiger partial charge in [0.2, 0.25) is 0 Å². The van der Waals surface area contributed by atoms with Gasteiger partial charge in [-0.25, -0.2) is 13.2 Å². The van der Waals surface area contributed by atoms with Crippen LogP contribution in [0.5, 0.6) is 0 Å². The number of nitrogens with one attached hydrogen (secondary N) is 2. The number of anilines is 1. The Morgan fingerprint density at radius 1 is 1.03 bits per heavy atom. The predicted molar refractivity (Wildman–Crippen MR) is 120 cm³/mol. The van der Waals surface area contributed by atoms with Crippen molar-refractivity contribution in [1.82, 2.24) is 5.32 Å². The lowest BCUT2D eigenvalue weighted by molar-refractivity contribution is -0.129. The molecule has 3 rings (SSSR count). The highest BCUT2D eigenvalue weighted by atomic mass is 35.5. The second-order valence-corrected chi connectivity index (χ2v) is 10.1. The van der Waals surface area contributed by atoms with Crippen LogP contribution < -0.4 is 10.0 Å². The van der Waals surface area contributed by atoms with Crippen molar-refractivity contribution in [2.45, 2.75) is 23.8 Å². The van der Waals surface area contributed by atoms with E-state index in [-0.39, 0.29) is 15.5 Å². The van der Waals surface area contributed by atoms with Gasteiger partial charge < -0.3 is 10.1 Å². The highest BCUT2D eigenvalue weighted by Crippen LogP contribution is 2.28. The summed E-state index contributed by atoms with van der Waals surface area (Å²) < 4.78 is 33.1. The lowest BCUT2D eigenvalue weighted by Crippen LogP contribution is -2.35. The standard InChI is InChI=1S/C21H19ClN2O5S2/c1-14(20(25)23-13-15-7-3-2-4-8-15)29-21(26)16-9-5-6-10-17(16)24-31(27,28)19-12-11-18(22)30-19/h2-12,14,24H,13H2,1H3,(H,23,25)/t14-/m0/s1. The summed E-state index contributed by atoms with van der Waals surface area (Å²) in [5.74, 6) is -1.30. The van der Waals surface area contributed by atoms with E-state index in [9.17, 15) is 18.0 Å². The monoisotopic (exact) mass is 478 g/mol. The van der Waals surface area contributed by atoms with Gasteiger partial charge in [-0.1, -0.05) is 54.1 Å². The van der Waals surface area contributed by atoms with E-state index in [0.717, 1.165) is 16.9 Å². The summed E-state index contributed by atoms with van der Waals surface area (Å²) >= 11 is 6.71. The summed E-state index contributed by atoms with van der Waals surface area (Å²) in [4.78, 5) is 24.9. The fourth-order valence-electron chi connectivity index (χ4n) is 2.59. The van der Waals surface area contributed by atoms with Crippen molar-refractivity contribution >= 4 is 50.5 Å². The number of carbonyl (C=O) groups excluding carboxylic acids is 2. The first-order chi connectivity index (χ1) is 14.8. The third-order valence-corrected chi connectivity index (χ3v) is 7.26. The number of rotatable bonds is 8. The molecule has 7 nitrogen and oxygen atoms in total. The van der Waals surface area contributed by atoms with Gasteiger partial charge in [0, 0.05) is 6.54 Å². The van der Waals surface area contributed by atoms with Crippen LogP contribution in [0.25, 0.3) is 0 Å². The first-order valence-electron chi connectivity index (χ1n) is 9.16. The number of sulfonamides is 1. The highest BCUT2D eigenvalue weighted by Gasteiger charge is 2.23. The number of para-hydroxylation sites is 1. The molecular formula is C21H19ClN2O5S2. The lowest BCUT2D eigenvalue weighted by atomic mass is 10.2. The molecule has 0 saturated carbocycles. The number of thiophene rings is 1. The van der Waals surface area contributed by atoms with Crippen LogP contribution in [0.2, 0.25) is 4.34 Å². The molecule has 2 aromatic carbocycles. The number of esters is 1. The maximum Gasteiger partial charge on any atom is 0.341 e. The van der Waals surface area contributed by atoms with Gasteiger partial charge in [-0.05, 0) is 36.8 Å². The van der Waals surface area contributed by atoms with Crippen molar-refractivity contribution < 1.29 is 22.7 Å². The molecule has 10 heteroatoms. The average molecular weight is 479 g/mol. The Hall–Kier alpha value is -2.88. The summed E-state index contributed by atoms with van der Waals surface area (Å²) in [6, 6.07) is 18.1. The number of hydrogen-bond acceptors (Lipinski definition) is 6. The maximum absolute atomic E-state index is 12.6. The minimum atomic E-state index is -3.94. The van der Waals surface area contributed by atoms with Crippen LogP contribution in [-0.4, -0.2) is 26.4 Å². The van der Waals surface area contributed by atoms with Crippen molar-refractivity contribution in [1.29, 1.82) is 0 Å². The summed E-state index contributed by atoms with van der Waals surface area (Å²) in [6.45, 7) is 1.74. The smallest absolute Gasteiger partial charge is 0.341 e. The molecule has 1 heterocycles. The Kier molecular flexibility index (Phi) is 7.32. The van der Waals surface area contributed by atoms with Crippen LogP contribution >= 0.6 is 22.9 Å². The molecule has 31 heavy (non-hydrogen) atoms. The lowest BCUT2D eigenvalue weighted by Gasteiger charge is -2.15. The summed E-state index contributed by atoms with van der Waals surface area (Å²) in [5, 5.41) is 2.69. The molecule has 1 aromatic heterocycles. The third-order valence-electron chi connectivity index (χ3n) is 4.17. The molecule has 2 N–H and O–H groups in total. The van der Waals surface area contributed by atoms with Crippen LogP contribution in [0.3, 0.4) is 0 Å². The molecule has 0 aliphatic carbocycles. The van der Waals surface area contributed by atoms with E-state index in [1.807, 2.05) is 30.3 Å². The van der Waals surface area contributed by atoms with Gasteiger partial charge in [0.15, 0.2) is 6.10 Å². The van der Waals surface area contributed by atoms with E-state index in [2.05, 4.69) is 10.0 Å². The molecule has 0 bridgehead atoms. The number of amides is 1. The van der Waals surface area contributed by atoms with E-state index in [0.29, 0.717) is 10.9 Å². The topological polar surface area (TPSA) is 102 Å². The summed E-state index contributed by atoms with van der Waals surface area (Å²) in [6.07, 6.45) is -1.07. The average Bonchev–Trinajstić information content (AvgIpc) is 3.20. The molecule has 0 aliphatic rings. The van der Waals surface area contributed by atoms with Crippen molar-refractivity contribution in [2.75, 3.05) is 4.72 Å². The van der Waals surface area contributed by atoms with Crippen LogP contribution in [0.1, 0.15) is 22.8 Å². The second kappa shape index (κ2) is 9.95. The minimum absolute atomic E-state index is 0.00864. The van der Waals surface area contributed by atoms with E-state index < -0.39 is 28.0 Å². The Labute approximate surface area is 189 Å². The van der Waals surface area contributed by atoms with Crippen molar-refractivity contribution in [3.05, 3.63) is 82.2 Å². The second-order valence-electron chi connectivity index (χ2n) is 6.46. The Balaban J connectivity index is 1.67. The summed E-state index contributed by atoms with van der Waals surface area (Å²) in [7, 11) is -3.94. The number of ether oxygens (including phenoxy) is 1. The van der Waals surface area contributed by atoms with Crippen LogP contribution in [0.15, 0.2) is 70.9 Å².